The molecule has 0 heterocycles. The van der Waals surface area contributed by atoms with Gasteiger partial charge in [0, 0.05) is 18.1 Å². The largest absolute Gasteiger partial charge is 0.497 e. The van der Waals surface area contributed by atoms with E-state index < -0.39 is 6.04 Å². The Labute approximate surface area is 170 Å². The minimum atomic E-state index is -0.641. The first-order chi connectivity index (χ1) is 13.4. The summed E-state index contributed by atoms with van der Waals surface area (Å²) in [5, 5.41) is 3.28. The van der Waals surface area contributed by atoms with Crippen LogP contribution in [0.5, 0.6) is 11.5 Å². The van der Waals surface area contributed by atoms with Crippen LogP contribution in [0.4, 0.5) is 0 Å². The van der Waals surface area contributed by atoms with Gasteiger partial charge in [-0.1, -0.05) is 29.8 Å². The molecule has 28 heavy (non-hydrogen) atoms. The second kappa shape index (κ2) is 10.6. The van der Waals surface area contributed by atoms with Crippen LogP contribution in [0.3, 0.4) is 0 Å². The number of amides is 2. The van der Waals surface area contributed by atoms with Crippen molar-refractivity contribution in [1.29, 1.82) is 0 Å². The Bertz CT molecular complexity index is 795. The Hall–Kier alpha value is -2.73. The molecule has 0 saturated carbocycles. The van der Waals surface area contributed by atoms with Crippen LogP contribution in [0.15, 0.2) is 48.5 Å². The third kappa shape index (κ3) is 6.16. The van der Waals surface area contributed by atoms with Crippen molar-refractivity contribution in [2.45, 2.75) is 26.4 Å². The summed E-state index contributed by atoms with van der Waals surface area (Å²) in [6, 6.07) is 13.5. The van der Waals surface area contributed by atoms with E-state index in [-0.39, 0.29) is 25.0 Å². The molecule has 0 radical (unpaired) electrons. The summed E-state index contributed by atoms with van der Waals surface area (Å²) >= 11 is 5.94. The Kier molecular flexibility index (Phi) is 8.14. The van der Waals surface area contributed by atoms with Crippen LogP contribution >= 0.6 is 11.6 Å². The second-order valence-electron chi connectivity index (χ2n) is 6.19. The maximum absolute atomic E-state index is 12.8. The summed E-state index contributed by atoms with van der Waals surface area (Å²) in [5.74, 6) is 0.709. The van der Waals surface area contributed by atoms with Crippen molar-refractivity contribution in [3.63, 3.8) is 0 Å². The van der Waals surface area contributed by atoms with Crippen molar-refractivity contribution in [2.24, 2.45) is 0 Å². The van der Waals surface area contributed by atoms with Gasteiger partial charge in [0.05, 0.1) is 7.11 Å². The SMILES string of the molecule is CCNC(=O)C(C)N(Cc1ccc(OC)cc1)C(=O)COc1cccc(Cl)c1. The average Bonchev–Trinajstić information content (AvgIpc) is 2.70. The highest BCUT2D eigenvalue weighted by Gasteiger charge is 2.26. The van der Waals surface area contributed by atoms with Gasteiger partial charge in [-0.05, 0) is 49.7 Å². The summed E-state index contributed by atoms with van der Waals surface area (Å²) in [6.07, 6.45) is 0. The monoisotopic (exact) mass is 404 g/mol. The topological polar surface area (TPSA) is 67.9 Å². The fourth-order valence-electron chi connectivity index (χ4n) is 2.62. The van der Waals surface area contributed by atoms with Gasteiger partial charge in [0.2, 0.25) is 5.91 Å². The molecule has 2 rings (SSSR count). The van der Waals surface area contributed by atoms with Crippen molar-refractivity contribution >= 4 is 23.4 Å². The van der Waals surface area contributed by atoms with Gasteiger partial charge >= 0.3 is 0 Å². The van der Waals surface area contributed by atoms with E-state index in [9.17, 15) is 9.59 Å². The lowest BCUT2D eigenvalue weighted by Crippen LogP contribution is -2.49. The lowest BCUT2D eigenvalue weighted by Gasteiger charge is -2.28. The number of rotatable bonds is 9. The molecule has 2 aromatic rings. The van der Waals surface area contributed by atoms with E-state index in [1.165, 1.54) is 4.90 Å². The highest BCUT2D eigenvalue weighted by atomic mass is 35.5. The predicted octanol–water partition coefficient (Wildman–Crippen LogP) is 3.28. The third-order valence-electron chi connectivity index (χ3n) is 4.19. The number of likely N-dealkylation sites (N-methyl/N-ethyl adjacent to an activating group) is 1. The van der Waals surface area contributed by atoms with E-state index in [4.69, 9.17) is 21.1 Å². The molecule has 0 fully saturated rings. The number of hydrogen-bond donors (Lipinski definition) is 1. The zero-order valence-electron chi connectivity index (χ0n) is 16.3. The van der Waals surface area contributed by atoms with Crippen LogP contribution in [0.2, 0.25) is 5.02 Å². The Morgan fingerprint density at radius 2 is 1.86 bits per heavy atom. The molecule has 0 spiro atoms. The van der Waals surface area contributed by atoms with Crippen LogP contribution in [0, 0.1) is 0 Å². The number of carbonyl (C=O) groups excluding carboxylic acids is 2. The molecule has 1 N–H and O–H groups in total. The molecule has 2 amide bonds. The number of benzene rings is 2. The van der Waals surface area contributed by atoms with Crippen LogP contribution in [0.25, 0.3) is 0 Å². The van der Waals surface area contributed by atoms with Crippen LogP contribution in [-0.4, -0.2) is 43.0 Å². The highest BCUT2D eigenvalue weighted by molar-refractivity contribution is 6.30. The van der Waals surface area contributed by atoms with E-state index in [0.717, 1.165) is 11.3 Å². The molecule has 0 aliphatic rings. The Morgan fingerprint density at radius 3 is 2.46 bits per heavy atom. The Morgan fingerprint density at radius 1 is 1.14 bits per heavy atom. The molecule has 0 bridgehead atoms. The molecule has 2 aromatic carbocycles. The van der Waals surface area contributed by atoms with Gasteiger partial charge in [-0.3, -0.25) is 9.59 Å². The van der Waals surface area contributed by atoms with Crippen molar-refractivity contribution in [3.05, 3.63) is 59.1 Å². The van der Waals surface area contributed by atoms with Gasteiger partial charge in [-0.25, -0.2) is 0 Å². The first-order valence-electron chi connectivity index (χ1n) is 9.03. The smallest absolute Gasteiger partial charge is 0.261 e. The first-order valence-corrected chi connectivity index (χ1v) is 9.40. The van der Waals surface area contributed by atoms with Crippen LogP contribution < -0.4 is 14.8 Å². The zero-order chi connectivity index (χ0) is 20.5. The number of methoxy groups -OCH3 is 1. The van der Waals surface area contributed by atoms with Gasteiger partial charge in [0.25, 0.3) is 5.91 Å². The summed E-state index contributed by atoms with van der Waals surface area (Å²) in [7, 11) is 1.59. The molecule has 150 valence electrons. The molecule has 0 aliphatic heterocycles. The maximum atomic E-state index is 12.8. The first kappa shape index (κ1) is 21.6. The standard InChI is InChI=1S/C21H25ClN2O4/c1-4-23-21(26)15(2)24(13-16-8-10-18(27-3)11-9-16)20(25)14-28-19-7-5-6-17(22)12-19/h5-12,15H,4,13-14H2,1-3H3,(H,23,26). The van der Waals surface area contributed by atoms with Crippen molar-refractivity contribution in [1.82, 2.24) is 10.2 Å². The van der Waals surface area contributed by atoms with E-state index in [2.05, 4.69) is 5.32 Å². The molecule has 0 aromatic heterocycles. The van der Waals surface area contributed by atoms with Gasteiger partial charge in [-0.2, -0.15) is 0 Å². The molecule has 0 saturated heterocycles. The fourth-order valence-corrected chi connectivity index (χ4v) is 2.80. The van der Waals surface area contributed by atoms with Gasteiger partial charge in [-0.15, -0.1) is 0 Å². The highest BCUT2D eigenvalue weighted by Crippen LogP contribution is 2.18. The summed E-state index contributed by atoms with van der Waals surface area (Å²) < 4.78 is 10.7. The maximum Gasteiger partial charge on any atom is 0.261 e. The number of hydrogen-bond acceptors (Lipinski definition) is 4. The number of nitrogens with one attached hydrogen (secondary N) is 1. The van der Waals surface area contributed by atoms with Gasteiger partial charge in [0.1, 0.15) is 17.5 Å². The van der Waals surface area contributed by atoms with Crippen LogP contribution in [-0.2, 0) is 16.1 Å². The molecule has 0 aliphatic carbocycles. The van der Waals surface area contributed by atoms with E-state index in [0.29, 0.717) is 17.3 Å². The van der Waals surface area contributed by atoms with Gasteiger partial charge in [0.15, 0.2) is 6.61 Å². The lowest BCUT2D eigenvalue weighted by molar-refractivity contribution is -0.142. The molecule has 6 nitrogen and oxygen atoms in total. The van der Waals surface area contributed by atoms with E-state index in [1.54, 1.807) is 38.3 Å². The van der Waals surface area contributed by atoms with E-state index >= 15 is 0 Å². The molecule has 1 unspecified atom stereocenters. The quantitative estimate of drug-likeness (QED) is 0.696. The summed E-state index contributed by atoms with van der Waals surface area (Å²) in [6.45, 7) is 4.11. The van der Waals surface area contributed by atoms with Crippen molar-refractivity contribution in [3.8, 4) is 11.5 Å². The fraction of sp³-hybridized carbons (Fsp3) is 0.333. The summed E-state index contributed by atoms with van der Waals surface area (Å²) in [5.41, 5.74) is 0.882. The number of ether oxygens (including phenoxy) is 2. The van der Waals surface area contributed by atoms with Crippen LogP contribution in [0.1, 0.15) is 19.4 Å². The summed E-state index contributed by atoms with van der Waals surface area (Å²) in [4.78, 5) is 26.7. The minimum absolute atomic E-state index is 0.194. The normalized spacial score (nSPS) is 11.4. The number of nitrogens with zero attached hydrogens (tertiary/aromatic N) is 1. The molecular formula is C21H25ClN2O4. The molecule has 7 heteroatoms. The number of carbonyl (C=O) groups is 2. The zero-order valence-corrected chi connectivity index (χ0v) is 17.0. The van der Waals surface area contributed by atoms with Gasteiger partial charge < -0.3 is 19.7 Å². The number of halogens is 1. The predicted molar refractivity (Wildman–Crippen MR) is 109 cm³/mol. The third-order valence-corrected chi connectivity index (χ3v) is 4.42. The second-order valence-corrected chi connectivity index (χ2v) is 6.62. The van der Waals surface area contributed by atoms with Crippen molar-refractivity contribution in [2.75, 3.05) is 20.3 Å². The molecular weight excluding hydrogens is 380 g/mol. The lowest BCUT2D eigenvalue weighted by atomic mass is 10.1. The van der Waals surface area contributed by atoms with E-state index in [1.807, 2.05) is 31.2 Å². The van der Waals surface area contributed by atoms with Crippen molar-refractivity contribution < 1.29 is 19.1 Å². The minimum Gasteiger partial charge on any atom is -0.497 e. The Balaban J connectivity index is 2.13. The average molecular weight is 405 g/mol. The molecule has 1 atom stereocenters.